The number of nitrogens with one attached hydrogen (secondary N) is 1. The molecule has 2 atom stereocenters. The second kappa shape index (κ2) is 10.6. The van der Waals surface area contributed by atoms with Crippen molar-refractivity contribution in [1.29, 1.82) is 0 Å². The van der Waals surface area contributed by atoms with E-state index in [1.54, 1.807) is 13.0 Å². The lowest BCUT2D eigenvalue weighted by molar-refractivity contribution is -0.137. The van der Waals surface area contributed by atoms with Crippen molar-refractivity contribution in [3.63, 3.8) is 0 Å². The van der Waals surface area contributed by atoms with Gasteiger partial charge in [-0.1, -0.05) is 38.1 Å². The number of ether oxygens (including phenoxy) is 1. The van der Waals surface area contributed by atoms with Gasteiger partial charge in [0.15, 0.2) is 5.69 Å². The Morgan fingerprint density at radius 2 is 1.80 bits per heavy atom. The maximum Gasteiger partial charge on any atom is 0.305 e. The Morgan fingerprint density at radius 3 is 2.40 bits per heavy atom. The van der Waals surface area contributed by atoms with Crippen molar-refractivity contribution in [2.45, 2.75) is 38.8 Å². The van der Waals surface area contributed by atoms with Gasteiger partial charge in [-0.05, 0) is 42.7 Å². The molecule has 0 aliphatic heterocycles. The highest BCUT2D eigenvalue weighted by atomic mass is 19.1. The summed E-state index contributed by atoms with van der Waals surface area (Å²) in [5.41, 5.74) is -0.960. The largest absolute Gasteiger partial charge is 0.481 e. The monoisotopic (exact) mass is 487 g/mol. The fourth-order valence-electron chi connectivity index (χ4n) is 3.11. The van der Waals surface area contributed by atoms with Gasteiger partial charge in [-0.2, -0.15) is 9.78 Å². The van der Waals surface area contributed by atoms with Gasteiger partial charge in [-0.15, -0.1) is 0 Å². The number of para-hydroxylation sites is 1. The van der Waals surface area contributed by atoms with E-state index in [1.807, 2.05) is 13.8 Å². The van der Waals surface area contributed by atoms with Crippen molar-refractivity contribution < 1.29 is 33.3 Å². The first-order chi connectivity index (χ1) is 16.5. The highest BCUT2D eigenvalue weighted by Crippen LogP contribution is 2.25. The number of aromatic nitrogens is 2. The number of hydrogen-bond donors (Lipinski definition) is 3. The van der Waals surface area contributed by atoms with Gasteiger partial charge in [-0.25, -0.2) is 8.78 Å². The summed E-state index contributed by atoms with van der Waals surface area (Å²) in [6.07, 6.45) is -0.452. The molecule has 1 aromatic heterocycles. The molecule has 3 N–H and O–H groups in total. The maximum absolute atomic E-state index is 14.5. The summed E-state index contributed by atoms with van der Waals surface area (Å²) in [6, 6.07) is 11.2. The predicted molar refractivity (Wildman–Crippen MR) is 123 cm³/mol. The number of halogens is 2. The summed E-state index contributed by atoms with van der Waals surface area (Å²) in [5, 5.41) is 26.6. The summed E-state index contributed by atoms with van der Waals surface area (Å²) < 4.78 is 34.7. The number of amides is 1. The van der Waals surface area contributed by atoms with Crippen molar-refractivity contribution in [2.75, 3.05) is 6.61 Å². The summed E-state index contributed by atoms with van der Waals surface area (Å²) in [4.78, 5) is 24.4. The third-order valence-electron chi connectivity index (χ3n) is 5.70. The molecule has 3 aromatic rings. The molecule has 0 saturated heterocycles. The van der Waals surface area contributed by atoms with Crippen LogP contribution in [0.25, 0.3) is 5.69 Å². The van der Waals surface area contributed by atoms with Crippen molar-refractivity contribution in [3.8, 4) is 11.6 Å². The van der Waals surface area contributed by atoms with Crippen LogP contribution in [-0.2, 0) is 4.79 Å². The first kappa shape index (κ1) is 25.8. The van der Waals surface area contributed by atoms with Gasteiger partial charge in [0.2, 0.25) is 5.88 Å². The van der Waals surface area contributed by atoms with Gasteiger partial charge >= 0.3 is 5.97 Å². The molecule has 8 nitrogen and oxygen atoms in total. The molecule has 0 aliphatic rings. The maximum atomic E-state index is 14.5. The molecule has 186 valence electrons. The Hall–Kier alpha value is -3.79. The van der Waals surface area contributed by atoms with Crippen LogP contribution in [0, 0.1) is 17.6 Å². The third kappa shape index (κ3) is 6.42. The van der Waals surface area contributed by atoms with Gasteiger partial charge in [0.25, 0.3) is 5.91 Å². The number of nitrogens with zero attached hydrogens (tertiary/aromatic N) is 2. The van der Waals surface area contributed by atoms with E-state index < -0.39 is 41.6 Å². The number of carboxylic acids is 1. The summed E-state index contributed by atoms with van der Waals surface area (Å²) in [5.74, 6) is -3.16. The van der Waals surface area contributed by atoms with E-state index in [2.05, 4.69) is 10.4 Å². The van der Waals surface area contributed by atoms with E-state index in [0.717, 1.165) is 16.8 Å². The van der Waals surface area contributed by atoms with Crippen LogP contribution in [0.15, 0.2) is 54.6 Å². The van der Waals surface area contributed by atoms with Gasteiger partial charge in [0, 0.05) is 6.07 Å². The molecule has 1 amide bonds. The summed E-state index contributed by atoms with van der Waals surface area (Å²) >= 11 is 0. The van der Waals surface area contributed by atoms with E-state index in [0.29, 0.717) is 5.56 Å². The molecule has 0 saturated carbocycles. The highest BCUT2D eigenvalue weighted by molar-refractivity contribution is 5.93. The number of aliphatic carboxylic acids is 1. The summed E-state index contributed by atoms with van der Waals surface area (Å²) in [6.45, 7) is 5.07. The van der Waals surface area contributed by atoms with Gasteiger partial charge < -0.3 is 20.3 Å². The second-order valence-corrected chi connectivity index (χ2v) is 8.71. The van der Waals surface area contributed by atoms with Crippen LogP contribution in [-0.4, -0.2) is 44.1 Å². The first-order valence-electron chi connectivity index (χ1n) is 11.0. The minimum absolute atomic E-state index is 0.0118. The van der Waals surface area contributed by atoms with Crippen LogP contribution in [0.5, 0.6) is 5.88 Å². The molecule has 0 bridgehead atoms. The van der Waals surface area contributed by atoms with Crippen LogP contribution in [0.4, 0.5) is 8.78 Å². The van der Waals surface area contributed by atoms with Crippen molar-refractivity contribution in [2.24, 2.45) is 5.92 Å². The number of carbonyl (C=O) groups excluding carboxylic acids is 1. The predicted octanol–water partition coefficient (Wildman–Crippen LogP) is 3.88. The zero-order valence-electron chi connectivity index (χ0n) is 19.5. The van der Waals surface area contributed by atoms with Crippen molar-refractivity contribution >= 4 is 11.9 Å². The lowest BCUT2D eigenvalue weighted by Gasteiger charge is -2.27. The lowest BCUT2D eigenvalue weighted by atomic mass is 9.94. The number of hydrogen-bond acceptors (Lipinski definition) is 5. The highest BCUT2D eigenvalue weighted by Gasteiger charge is 2.28. The Bertz CT molecular complexity index is 1190. The van der Waals surface area contributed by atoms with Crippen LogP contribution < -0.4 is 10.1 Å². The molecule has 10 heteroatoms. The molecule has 3 rings (SSSR count). The molecule has 0 fully saturated rings. The summed E-state index contributed by atoms with van der Waals surface area (Å²) in [7, 11) is 0. The zero-order chi connectivity index (χ0) is 25.8. The topological polar surface area (TPSA) is 114 Å². The van der Waals surface area contributed by atoms with E-state index in [9.17, 15) is 28.6 Å². The average molecular weight is 488 g/mol. The molecule has 35 heavy (non-hydrogen) atoms. The lowest BCUT2D eigenvalue weighted by Crippen LogP contribution is -2.38. The Morgan fingerprint density at radius 1 is 1.14 bits per heavy atom. The molecule has 2 aromatic carbocycles. The normalized spacial score (nSPS) is 13.8. The molecule has 1 heterocycles. The number of carboxylic acid groups (broad SMARTS) is 1. The molecular formula is C25H27F2N3O5. The number of benzene rings is 2. The zero-order valence-corrected chi connectivity index (χ0v) is 19.5. The van der Waals surface area contributed by atoms with E-state index >= 15 is 0 Å². The molecule has 0 unspecified atom stereocenters. The standard InChI is InChI=1S/C25H27F2N3O5/c1-15(2)25(3,34)14-35-22-12-20(29-30(22)21-7-5-4-6-18(21)27)24(33)28-19(13-23(31)32)16-8-10-17(26)11-9-16/h4-12,15,19,34H,13-14H2,1-3H3,(H,28,33)(H,31,32)/t19-,25-/m0/s1. The van der Waals surface area contributed by atoms with Gasteiger partial charge in [-0.3, -0.25) is 9.59 Å². The molecule has 0 aliphatic carbocycles. The number of rotatable bonds is 10. The quantitative estimate of drug-likeness (QED) is 0.400. The Balaban J connectivity index is 1.94. The van der Waals surface area contributed by atoms with Crippen LogP contribution in [0.3, 0.4) is 0 Å². The second-order valence-electron chi connectivity index (χ2n) is 8.71. The van der Waals surface area contributed by atoms with Gasteiger partial charge in [0.1, 0.15) is 23.9 Å². The molecule has 0 spiro atoms. The average Bonchev–Trinajstić information content (AvgIpc) is 3.22. The fraction of sp³-hybridized carbons (Fsp3) is 0.320. The molecular weight excluding hydrogens is 460 g/mol. The van der Waals surface area contributed by atoms with Crippen molar-refractivity contribution in [3.05, 3.63) is 77.5 Å². The Labute approximate surface area is 201 Å². The van der Waals surface area contributed by atoms with E-state index in [-0.39, 0.29) is 29.8 Å². The third-order valence-corrected chi connectivity index (χ3v) is 5.70. The van der Waals surface area contributed by atoms with Gasteiger partial charge in [0.05, 0.1) is 18.1 Å². The first-order valence-corrected chi connectivity index (χ1v) is 11.0. The Kier molecular flexibility index (Phi) is 7.85. The van der Waals surface area contributed by atoms with E-state index in [4.69, 9.17) is 4.74 Å². The van der Waals surface area contributed by atoms with Crippen LogP contribution >= 0.6 is 0 Å². The number of carbonyl (C=O) groups is 2. The van der Waals surface area contributed by atoms with Crippen molar-refractivity contribution in [1.82, 2.24) is 15.1 Å². The SMILES string of the molecule is CC(C)[C@@](C)(O)COc1cc(C(=O)N[C@@H](CC(=O)O)c2ccc(F)cc2)nn1-c1ccccc1F. The number of aliphatic hydroxyl groups is 1. The van der Waals surface area contributed by atoms with Crippen LogP contribution in [0.2, 0.25) is 0 Å². The smallest absolute Gasteiger partial charge is 0.305 e. The molecule has 0 radical (unpaired) electrons. The fourth-order valence-corrected chi connectivity index (χ4v) is 3.11. The van der Waals surface area contributed by atoms with Crippen LogP contribution in [0.1, 0.15) is 49.3 Å². The minimum Gasteiger partial charge on any atom is -0.481 e. The minimum atomic E-state index is -1.21. The van der Waals surface area contributed by atoms with E-state index in [1.165, 1.54) is 36.4 Å².